The van der Waals surface area contributed by atoms with Crippen LogP contribution in [-0.4, -0.2) is 22.6 Å². The number of carboxylic acids is 1. The Hall–Kier alpha value is -1.89. The average Bonchev–Trinajstić information content (AvgIpc) is 2.25. The molecule has 0 aliphatic rings. The lowest BCUT2D eigenvalue weighted by Gasteiger charge is -2.05. The highest BCUT2D eigenvalue weighted by molar-refractivity contribution is 9.10. The van der Waals surface area contributed by atoms with Gasteiger partial charge in [-0.05, 0) is 28.1 Å². The van der Waals surface area contributed by atoms with Crippen molar-refractivity contribution in [2.24, 2.45) is 0 Å². The highest BCUT2D eigenvalue weighted by Gasteiger charge is 2.15. The predicted molar refractivity (Wildman–Crippen MR) is 63.1 cm³/mol. The van der Waals surface area contributed by atoms with Crippen molar-refractivity contribution >= 4 is 27.6 Å². The molecule has 17 heavy (non-hydrogen) atoms. The second-order valence-electron chi connectivity index (χ2n) is 2.90. The molecule has 1 N–H and O–H groups in total. The third-order valence-electron chi connectivity index (χ3n) is 1.74. The zero-order valence-corrected chi connectivity index (χ0v) is 10.1. The Morgan fingerprint density at radius 3 is 2.88 bits per heavy atom. The molecule has 0 atom stereocenters. The van der Waals surface area contributed by atoms with Crippen molar-refractivity contribution in [1.82, 2.24) is 0 Å². The summed E-state index contributed by atoms with van der Waals surface area (Å²) >= 11 is 3.06. The summed E-state index contributed by atoms with van der Waals surface area (Å²) in [4.78, 5) is 20.3. The van der Waals surface area contributed by atoms with Crippen molar-refractivity contribution in [1.29, 1.82) is 0 Å². The molecule has 0 aliphatic heterocycles. The van der Waals surface area contributed by atoms with Crippen molar-refractivity contribution in [2.45, 2.75) is 0 Å². The summed E-state index contributed by atoms with van der Waals surface area (Å²) < 4.78 is 5.41. The Morgan fingerprint density at radius 1 is 1.59 bits per heavy atom. The number of halogens is 1. The number of hydrogen-bond donors (Lipinski definition) is 1. The van der Waals surface area contributed by atoms with Gasteiger partial charge in [-0.25, -0.2) is 4.79 Å². The molecule has 1 rings (SSSR count). The van der Waals surface area contributed by atoms with Gasteiger partial charge in [0.25, 0.3) is 5.69 Å². The lowest BCUT2D eigenvalue weighted by Crippen LogP contribution is -1.98. The maximum atomic E-state index is 10.6. The quantitative estimate of drug-likeness (QED) is 0.512. The van der Waals surface area contributed by atoms with E-state index in [2.05, 4.69) is 15.9 Å². The summed E-state index contributed by atoms with van der Waals surface area (Å²) in [5.41, 5.74) is -0.107. The molecule has 0 radical (unpaired) electrons. The van der Waals surface area contributed by atoms with Gasteiger partial charge in [0.15, 0.2) is 0 Å². The van der Waals surface area contributed by atoms with Gasteiger partial charge in [-0.1, -0.05) is 6.07 Å². The van der Waals surface area contributed by atoms with Crippen LogP contribution in [0.1, 0.15) is 0 Å². The highest BCUT2D eigenvalue weighted by atomic mass is 79.9. The standard InChI is InChI=1S/C10H8BrNO5/c11-10-7(12(15)16)3-1-4-8(10)17-6-2-5-9(13)14/h1-5H,6H2,(H,13,14)/b5-2+. The topological polar surface area (TPSA) is 89.7 Å². The highest BCUT2D eigenvalue weighted by Crippen LogP contribution is 2.33. The summed E-state index contributed by atoms with van der Waals surface area (Å²) in [5.74, 6) is -0.791. The number of aliphatic carboxylic acids is 1. The van der Waals surface area contributed by atoms with Gasteiger partial charge in [0.05, 0.1) is 4.92 Å². The number of carboxylic acid groups (broad SMARTS) is 1. The van der Waals surface area contributed by atoms with Crippen molar-refractivity contribution < 1.29 is 19.6 Å². The number of nitro benzene ring substituents is 1. The number of nitro groups is 1. The van der Waals surface area contributed by atoms with Gasteiger partial charge in [0.2, 0.25) is 0 Å². The van der Waals surface area contributed by atoms with Crippen molar-refractivity contribution in [2.75, 3.05) is 6.61 Å². The van der Waals surface area contributed by atoms with Crippen LogP contribution in [0.15, 0.2) is 34.8 Å². The van der Waals surface area contributed by atoms with Crippen LogP contribution in [0.3, 0.4) is 0 Å². The molecule has 7 heteroatoms. The fourth-order valence-corrected chi connectivity index (χ4v) is 1.56. The maximum absolute atomic E-state index is 10.6. The van der Waals surface area contributed by atoms with E-state index in [0.29, 0.717) is 0 Å². The van der Waals surface area contributed by atoms with Gasteiger partial charge in [-0.2, -0.15) is 0 Å². The molecule has 1 aromatic rings. The van der Waals surface area contributed by atoms with Gasteiger partial charge in [-0.15, -0.1) is 0 Å². The molecule has 0 fully saturated rings. The minimum Gasteiger partial charge on any atom is -0.488 e. The molecule has 0 aromatic heterocycles. The van der Waals surface area contributed by atoms with E-state index in [4.69, 9.17) is 9.84 Å². The Bertz CT molecular complexity index is 472. The smallest absolute Gasteiger partial charge is 0.328 e. The third kappa shape index (κ3) is 3.87. The number of benzene rings is 1. The first-order valence-electron chi connectivity index (χ1n) is 4.47. The van der Waals surface area contributed by atoms with Crippen LogP contribution in [0.25, 0.3) is 0 Å². The van der Waals surface area contributed by atoms with Crippen LogP contribution < -0.4 is 4.74 Å². The van der Waals surface area contributed by atoms with Gasteiger partial charge in [-0.3, -0.25) is 10.1 Å². The number of rotatable bonds is 5. The predicted octanol–water partition coefficient (Wildman–Crippen LogP) is 2.38. The van der Waals surface area contributed by atoms with Crippen molar-refractivity contribution in [3.63, 3.8) is 0 Å². The number of hydrogen-bond acceptors (Lipinski definition) is 4. The molecule has 0 amide bonds. The first kappa shape index (κ1) is 13.2. The number of carbonyl (C=O) groups is 1. The maximum Gasteiger partial charge on any atom is 0.328 e. The molecule has 90 valence electrons. The minimum absolute atomic E-state index is 0.0199. The van der Waals surface area contributed by atoms with Gasteiger partial charge < -0.3 is 9.84 Å². The van der Waals surface area contributed by atoms with E-state index >= 15 is 0 Å². The van der Waals surface area contributed by atoms with Crippen molar-refractivity contribution in [3.05, 3.63) is 44.9 Å². The molecule has 0 aliphatic carbocycles. The molecular formula is C10H8BrNO5. The molecule has 0 spiro atoms. The van der Waals surface area contributed by atoms with E-state index < -0.39 is 10.9 Å². The van der Waals surface area contributed by atoms with Gasteiger partial charge >= 0.3 is 5.97 Å². The third-order valence-corrected chi connectivity index (χ3v) is 2.53. The first-order chi connectivity index (χ1) is 8.02. The van der Waals surface area contributed by atoms with E-state index in [1.165, 1.54) is 18.2 Å². The molecule has 0 saturated heterocycles. The lowest BCUT2D eigenvalue weighted by atomic mass is 10.3. The fourth-order valence-electron chi connectivity index (χ4n) is 1.04. The Labute approximate surface area is 105 Å². The van der Waals surface area contributed by atoms with E-state index in [0.717, 1.165) is 6.08 Å². The molecular weight excluding hydrogens is 294 g/mol. The average molecular weight is 302 g/mol. The minimum atomic E-state index is -1.08. The normalized spacial score (nSPS) is 10.4. The summed E-state index contributed by atoms with van der Waals surface area (Å²) in [6, 6.07) is 4.37. The molecule has 1 aromatic carbocycles. The number of nitrogens with zero attached hydrogens (tertiary/aromatic N) is 1. The van der Waals surface area contributed by atoms with Gasteiger partial charge in [0, 0.05) is 12.1 Å². The first-order valence-corrected chi connectivity index (χ1v) is 5.27. The van der Waals surface area contributed by atoms with Crippen molar-refractivity contribution in [3.8, 4) is 5.75 Å². The van der Waals surface area contributed by atoms with Gasteiger partial charge in [0.1, 0.15) is 16.8 Å². The largest absolute Gasteiger partial charge is 0.488 e. The van der Waals surface area contributed by atoms with Crippen LogP contribution in [0.2, 0.25) is 0 Å². The number of ether oxygens (including phenoxy) is 1. The van der Waals surface area contributed by atoms with Crippen LogP contribution >= 0.6 is 15.9 Å². The Balaban J connectivity index is 2.75. The zero-order valence-electron chi connectivity index (χ0n) is 8.50. The Kier molecular flexibility index (Phi) is 4.65. The van der Waals surface area contributed by atoms with E-state index in [-0.39, 0.29) is 22.5 Å². The van der Waals surface area contributed by atoms with E-state index in [1.54, 1.807) is 6.07 Å². The monoisotopic (exact) mass is 301 g/mol. The summed E-state index contributed by atoms with van der Waals surface area (Å²) in [6.07, 6.45) is 2.23. The van der Waals surface area contributed by atoms with E-state index in [9.17, 15) is 14.9 Å². The SMILES string of the molecule is O=C(O)/C=C/COc1cccc([N+](=O)[O-])c1Br. The molecule has 0 bridgehead atoms. The zero-order chi connectivity index (χ0) is 12.8. The van der Waals surface area contributed by atoms with Crippen LogP contribution in [0.5, 0.6) is 5.75 Å². The summed E-state index contributed by atoms with van der Waals surface area (Å²) in [6.45, 7) is 0.0199. The fraction of sp³-hybridized carbons (Fsp3) is 0.100. The second kappa shape index (κ2) is 6.00. The molecule has 6 nitrogen and oxygen atoms in total. The molecule has 0 unspecified atom stereocenters. The summed E-state index contributed by atoms with van der Waals surface area (Å²) in [5, 5.41) is 19.0. The van der Waals surface area contributed by atoms with Crippen LogP contribution in [0, 0.1) is 10.1 Å². The second-order valence-corrected chi connectivity index (χ2v) is 3.69. The Morgan fingerprint density at radius 2 is 2.29 bits per heavy atom. The van der Waals surface area contributed by atoms with E-state index in [1.807, 2.05) is 0 Å². The van der Waals surface area contributed by atoms with Crippen LogP contribution in [-0.2, 0) is 4.79 Å². The lowest BCUT2D eigenvalue weighted by molar-refractivity contribution is -0.385. The summed E-state index contributed by atoms with van der Waals surface area (Å²) in [7, 11) is 0. The molecule has 0 heterocycles. The van der Waals surface area contributed by atoms with Crippen LogP contribution in [0.4, 0.5) is 5.69 Å². The molecule has 0 saturated carbocycles.